The van der Waals surface area contributed by atoms with Crippen LogP contribution in [0.5, 0.6) is 5.75 Å². The molecule has 2 rings (SSSR count). The van der Waals surface area contributed by atoms with Gasteiger partial charge in [0.2, 0.25) is 0 Å². The molecular formula is C13H19NOS. The maximum atomic E-state index is 5.93. The van der Waals surface area contributed by atoms with Gasteiger partial charge >= 0.3 is 0 Å². The number of benzene rings is 1. The number of hydrogen-bond acceptors (Lipinski definition) is 3. The van der Waals surface area contributed by atoms with Gasteiger partial charge in [-0.1, -0.05) is 12.1 Å². The summed E-state index contributed by atoms with van der Waals surface area (Å²) in [6.07, 6.45) is 5.71. The fourth-order valence-corrected chi connectivity index (χ4v) is 2.46. The van der Waals surface area contributed by atoms with Crippen molar-refractivity contribution in [3.05, 3.63) is 24.3 Å². The molecule has 0 unspecified atom stereocenters. The molecule has 0 heterocycles. The lowest BCUT2D eigenvalue weighted by atomic mass is 10.0. The molecule has 0 radical (unpaired) electrons. The van der Waals surface area contributed by atoms with Gasteiger partial charge in [-0.05, 0) is 44.2 Å². The monoisotopic (exact) mass is 237 g/mol. The Labute approximate surface area is 102 Å². The molecule has 0 spiro atoms. The number of ether oxygens (including phenoxy) is 1. The third-order valence-corrected chi connectivity index (χ3v) is 4.01. The van der Waals surface area contributed by atoms with Gasteiger partial charge in [-0.25, -0.2) is 0 Å². The van der Waals surface area contributed by atoms with E-state index in [4.69, 9.17) is 10.5 Å². The molecule has 2 nitrogen and oxygen atoms in total. The van der Waals surface area contributed by atoms with E-state index < -0.39 is 0 Å². The van der Waals surface area contributed by atoms with Crippen molar-refractivity contribution in [3.63, 3.8) is 0 Å². The Kier molecular flexibility index (Phi) is 3.77. The number of thioether (sulfide) groups is 1. The van der Waals surface area contributed by atoms with Crippen molar-refractivity contribution in [3.8, 4) is 5.75 Å². The van der Waals surface area contributed by atoms with Gasteiger partial charge in [-0.15, -0.1) is 11.8 Å². The van der Waals surface area contributed by atoms with Crippen LogP contribution in [0.4, 0.5) is 0 Å². The highest BCUT2D eigenvalue weighted by Crippen LogP contribution is 2.48. The van der Waals surface area contributed by atoms with Crippen LogP contribution >= 0.6 is 11.8 Å². The quantitative estimate of drug-likeness (QED) is 0.773. The molecular weight excluding hydrogens is 218 g/mol. The van der Waals surface area contributed by atoms with Gasteiger partial charge in [0, 0.05) is 10.3 Å². The SMILES string of the molecule is CSc1ccccc1OCC1(CCN)CC1. The van der Waals surface area contributed by atoms with Crippen molar-refractivity contribution in [1.29, 1.82) is 0 Å². The molecule has 0 aromatic heterocycles. The molecule has 0 atom stereocenters. The lowest BCUT2D eigenvalue weighted by Crippen LogP contribution is -2.17. The summed E-state index contributed by atoms with van der Waals surface area (Å²) in [6, 6.07) is 8.22. The molecule has 1 saturated carbocycles. The first kappa shape index (κ1) is 11.8. The Hall–Kier alpha value is -0.670. The highest BCUT2D eigenvalue weighted by molar-refractivity contribution is 7.98. The standard InChI is InChI=1S/C13H19NOS/c1-16-12-5-3-2-4-11(12)15-10-13(6-7-13)8-9-14/h2-5H,6-10,14H2,1H3. The van der Waals surface area contributed by atoms with Crippen LogP contribution in [-0.2, 0) is 0 Å². The zero-order chi connectivity index (χ0) is 11.4. The Bertz CT molecular complexity index is 350. The van der Waals surface area contributed by atoms with Gasteiger partial charge in [0.05, 0.1) is 6.61 Å². The van der Waals surface area contributed by atoms with E-state index in [-0.39, 0.29) is 0 Å². The van der Waals surface area contributed by atoms with Crippen molar-refractivity contribution in [2.24, 2.45) is 11.1 Å². The summed E-state index contributed by atoms with van der Waals surface area (Å²) in [5.74, 6) is 1.01. The second-order valence-electron chi connectivity index (χ2n) is 4.48. The van der Waals surface area contributed by atoms with E-state index in [0.717, 1.165) is 25.3 Å². The molecule has 2 N–H and O–H groups in total. The third kappa shape index (κ3) is 2.71. The van der Waals surface area contributed by atoms with Crippen LogP contribution in [-0.4, -0.2) is 19.4 Å². The van der Waals surface area contributed by atoms with Crippen molar-refractivity contribution in [1.82, 2.24) is 0 Å². The molecule has 1 aromatic rings. The van der Waals surface area contributed by atoms with E-state index >= 15 is 0 Å². The number of rotatable bonds is 6. The van der Waals surface area contributed by atoms with E-state index in [0.29, 0.717) is 5.41 Å². The van der Waals surface area contributed by atoms with Crippen LogP contribution < -0.4 is 10.5 Å². The fourth-order valence-electron chi connectivity index (χ4n) is 1.92. The molecule has 16 heavy (non-hydrogen) atoms. The Balaban J connectivity index is 1.94. The summed E-state index contributed by atoms with van der Waals surface area (Å²) in [4.78, 5) is 1.21. The highest BCUT2D eigenvalue weighted by atomic mass is 32.2. The maximum Gasteiger partial charge on any atom is 0.132 e. The van der Waals surface area contributed by atoms with E-state index in [1.807, 2.05) is 18.2 Å². The van der Waals surface area contributed by atoms with Crippen LogP contribution in [0.15, 0.2) is 29.2 Å². The Morgan fingerprint density at radius 2 is 2.12 bits per heavy atom. The molecule has 0 amide bonds. The summed E-state index contributed by atoms with van der Waals surface area (Å²) in [7, 11) is 0. The molecule has 1 aromatic carbocycles. The molecule has 0 saturated heterocycles. The van der Waals surface area contributed by atoms with Crippen LogP contribution in [0.25, 0.3) is 0 Å². The molecule has 3 heteroatoms. The lowest BCUT2D eigenvalue weighted by molar-refractivity contribution is 0.222. The molecule has 0 aliphatic heterocycles. The van der Waals surface area contributed by atoms with Crippen molar-refractivity contribution in [2.75, 3.05) is 19.4 Å². The van der Waals surface area contributed by atoms with Crippen molar-refractivity contribution >= 4 is 11.8 Å². The second-order valence-corrected chi connectivity index (χ2v) is 5.33. The van der Waals surface area contributed by atoms with Crippen LogP contribution in [0, 0.1) is 5.41 Å². The maximum absolute atomic E-state index is 5.93. The summed E-state index contributed by atoms with van der Waals surface area (Å²) in [5, 5.41) is 0. The molecule has 1 aliphatic carbocycles. The van der Waals surface area contributed by atoms with E-state index in [1.165, 1.54) is 17.7 Å². The predicted molar refractivity (Wildman–Crippen MR) is 69.1 cm³/mol. The zero-order valence-corrected chi connectivity index (χ0v) is 10.6. The average molecular weight is 237 g/mol. The summed E-state index contributed by atoms with van der Waals surface area (Å²) in [6.45, 7) is 1.59. The normalized spacial score (nSPS) is 17.1. The number of hydrogen-bond donors (Lipinski definition) is 1. The Morgan fingerprint density at radius 1 is 1.38 bits per heavy atom. The lowest BCUT2D eigenvalue weighted by Gasteiger charge is -2.16. The first-order valence-electron chi connectivity index (χ1n) is 5.75. The van der Waals surface area contributed by atoms with Crippen LogP contribution in [0.1, 0.15) is 19.3 Å². The highest BCUT2D eigenvalue weighted by Gasteiger charge is 2.42. The number of para-hydroxylation sites is 1. The minimum atomic E-state index is 0.389. The Morgan fingerprint density at radius 3 is 2.75 bits per heavy atom. The van der Waals surface area contributed by atoms with Gasteiger partial charge in [-0.3, -0.25) is 0 Å². The van der Waals surface area contributed by atoms with E-state index in [2.05, 4.69) is 12.3 Å². The zero-order valence-electron chi connectivity index (χ0n) is 9.74. The second kappa shape index (κ2) is 5.11. The molecule has 88 valence electrons. The fraction of sp³-hybridized carbons (Fsp3) is 0.538. The minimum Gasteiger partial charge on any atom is -0.492 e. The first-order valence-corrected chi connectivity index (χ1v) is 6.98. The summed E-state index contributed by atoms with van der Waals surface area (Å²) >= 11 is 1.73. The molecule has 1 aliphatic rings. The van der Waals surface area contributed by atoms with Crippen LogP contribution in [0.2, 0.25) is 0 Å². The first-order chi connectivity index (χ1) is 7.79. The van der Waals surface area contributed by atoms with Gasteiger partial charge in [0.1, 0.15) is 5.75 Å². The van der Waals surface area contributed by atoms with Crippen molar-refractivity contribution in [2.45, 2.75) is 24.2 Å². The van der Waals surface area contributed by atoms with Crippen molar-refractivity contribution < 1.29 is 4.74 Å². The average Bonchev–Trinajstić information content (AvgIpc) is 3.08. The third-order valence-electron chi connectivity index (χ3n) is 3.23. The minimum absolute atomic E-state index is 0.389. The van der Waals surface area contributed by atoms with Gasteiger partial charge in [-0.2, -0.15) is 0 Å². The smallest absolute Gasteiger partial charge is 0.132 e. The van der Waals surface area contributed by atoms with Gasteiger partial charge < -0.3 is 10.5 Å². The van der Waals surface area contributed by atoms with Gasteiger partial charge in [0.25, 0.3) is 0 Å². The number of nitrogens with two attached hydrogens (primary N) is 1. The topological polar surface area (TPSA) is 35.2 Å². The van der Waals surface area contributed by atoms with E-state index in [1.54, 1.807) is 11.8 Å². The molecule has 1 fully saturated rings. The molecule has 0 bridgehead atoms. The summed E-state index contributed by atoms with van der Waals surface area (Å²) < 4.78 is 5.93. The largest absolute Gasteiger partial charge is 0.492 e. The van der Waals surface area contributed by atoms with Gasteiger partial charge in [0.15, 0.2) is 0 Å². The van der Waals surface area contributed by atoms with E-state index in [9.17, 15) is 0 Å². The van der Waals surface area contributed by atoms with Crippen LogP contribution in [0.3, 0.4) is 0 Å². The summed E-state index contributed by atoms with van der Waals surface area (Å²) in [5.41, 5.74) is 6.01. The predicted octanol–water partition coefficient (Wildman–Crippen LogP) is 2.92.